The molecule has 3 aromatic rings. The van der Waals surface area contributed by atoms with Crippen LogP contribution in [0.5, 0.6) is 0 Å². The Hall–Kier alpha value is -3.07. The molecule has 0 spiro atoms. The summed E-state index contributed by atoms with van der Waals surface area (Å²) in [5.41, 5.74) is 2.82. The average Bonchev–Trinajstić information content (AvgIpc) is 3.33. The average molecular weight is 386 g/mol. The van der Waals surface area contributed by atoms with Crippen LogP contribution in [0.15, 0.2) is 50.7 Å². The largest absolute Gasteiger partial charge is 0.459 e. The maximum atomic E-state index is 12.0. The van der Waals surface area contributed by atoms with Gasteiger partial charge in [-0.25, -0.2) is 0 Å². The fraction of sp³-hybridized carbons (Fsp3) is 0.222. The zero-order valence-corrected chi connectivity index (χ0v) is 15.6. The van der Waals surface area contributed by atoms with Gasteiger partial charge in [0.15, 0.2) is 5.76 Å². The first-order valence-corrected chi connectivity index (χ1v) is 9.14. The Morgan fingerprint density at radius 3 is 2.74 bits per heavy atom. The van der Waals surface area contributed by atoms with E-state index in [0.717, 1.165) is 28.6 Å². The second-order valence-electron chi connectivity index (χ2n) is 5.71. The minimum atomic E-state index is -0.311. The first kappa shape index (κ1) is 18.7. The zero-order valence-electron chi connectivity index (χ0n) is 14.8. The van der Waals surface area contributed by atoms with E-state index in [4.69, 9.17) is 8.83 Å². The number of carbonyl (C=O) groups is 2. The Morgan fingerprint density at radius 1 is 1.11 bits per heavy atom. The Labute approximate surface area is 159 Å². The molecule has 2 amide bonds. The fourth-order valence-corrected chi connectivity index (χ4v) is 2.80. The fourth-order valence-electron chi connectivity index (χ4n) is 2.21. The number of aryl methyl sites for hydroxylation is 1. The predicted molar refractivity (Wildman–Crippen MR) is 100 cm³/mol. The van der Waals surface area contributed by atoms with E-state index in [-0.39, 0.29) is 35.2 Å². The third-order valence-corrected chi connectivity index (χ3v) is 4.61. The van der Waals surface area contributed by atoms with Crippen molar-refractivity contribution in [1.82, 2.24) is 15.5 Å². The highest BCUT2D eigenvalue weighted by Gasteiger charge is 2.13. The Kier molecular flexibility index (Phi) is 5.92. The molecule has 1 aromatic carbocycles. The lowest BCUT2D eigenvalue weighted by Gasteiger charge is -2.10. The van der Waals surface area contributed by atoms with Crippen molar-refractivity contribution >= 4 is 29.3 Å². The lowest BCUT2D eigenvalue weighted by atomic mass is 10.1. The first-order chi connectivity index (χ1) is 13.0. The number of furan rings is 1. The van der Waals surface area contributed by atoms with Gasteiger partial charge >= 0.3 is 0 Å². The van der Waals surface area contributed by atoms with E-state index in [0.29, 0.717) is 5.76 Å². The maximum absolute atomic E-state index is 12.0. The zero-order chi connectivity index (χ0) is 19.2. The molecule has 0 aliphatic carbocycles. The van der Waals surface area contributed by atoms with Crippen LogP contribution < -0.4 is 10.6 Å². The first-order valence-electron chi connectivity index (χ1n) is 8.16. The van der Waals surface area contributed by atoms with Crippen molar-refractivity contribution in [2.24, 2.45) is 0 Å². The van der Waals surface area contributed by atoms with Crippen molar-refractivity contribution in [3.63, 3.8) is 0 Å². The van der Waals surface area contributed by atoms with Crippen molar-refractivity contribution in [2.75, 3.05) is 17.6 Å². The number of carbonyl (C=O) groups excluding carboxylic acids is 2. The standard InChI is InChI=1S/C18H18N4O4S/c1-11-5-3-6-13(12(11)2)20-15(23)9-19-16(24)10-27-18-22-21-17(26-18)14-7-4-8-25-14/h3-8H,9-10H2,1-2H3,(H,19,24)(H,20,23). The molecule has 3 rings (SSSR count). The third-order valence-electron chi connectivity index (χ3n) is 3.79. The van der Waals surface area contributed by atoms with Crippen LogP contribution in [0.4, 0.5) is 5.69 Å². The molecule has 0 fully saturated rings. The predicted octanol–water partition coefficient (Wildman–Crippen LogP) is 2.79. The molecule has 8 nitrogen and oxygen atoms in total. The van der Waals surface area contributed by atoms with E-state index in [1.165, 1.54) is 6.26 Å². The number of anilines is 1. The molecule has 0 saturated carbocycles. The number of nitrogens with zero attached hydrogens (tertiary/aromatic N) is 2. The van der Waals surface area contributed by atoms with Crippen LogP contribution in [0, 0.1) is 13.8 Å². The van der Waals surface area contributed by atoms with Gasteiger partial charge in [-0.2, -0.15) is 0 Å². The van der Waals surface area contributed by atoms with E-state index in [1.807, 2.05) is 32.0 Å². The Morgan fingerprint density at radius 2 is 1.96 bits per heavy atom. The molecule has 9 heteroatoms. The molecular formula is C18H18N4O4S. The van der Waals surface area contributed by atoms with E-state index in [2.05, 4.69) is 20.8 Å². The number of nitrogens with one attached hydrogen (secondary N) is 2. The van der Waals surface area contributed by atoms with E-state index in [1.54, 1.807) is 12.1 Å². The summed E-state index contributed by atoms with van der Waals surface area (Å²) >= 11 is 1.08. The van der Waals surface area contributed by atoms with Gasteiger partial charge in [-0.3, -0.25) is 9.59 Å². The SMILES string of the molecule is Cc1cccc(NC(=O)CNC(=O)CSc2nnc(-c3ccco3)o2)c1C. The number of rotatable bonds is 7. The summed E-state index contributed by atoms with van der Waals surface area (Å²) in [7, 11) is 0. The maximum Gasteiger partial charge on any atom is 0.284 e. The number of aromatic nitrogens is 2. The second-order valence-corrected chi connectivity index (χ2v) is 6.64. The van der Waals surface area contributed by atoms with E-state index < -0.39 is 0 Å². The van der Waals surface area contributed by atoms with Crippen LogP contribution in [0.25, 0.3) is 11.7 Å². The summed E-state index contributed by atoms with van der Waals surface area (Å²) < 4.78 is 10.6. The lowest BCUT2D eigenvalue weighted by molar-refractivity contribution is -0.122. The Bertz CT molecular complexity index is 937. The van der Waals surface area contributed by atoms with Crippen molar-refractivity contribution in [1.29, 1.82) is 0 Å². The highest BCUT2D eigenvalue weighted by atomic mass is 32.2. The number of amides is 2. The van der Waals surface area contributed by atoms with Crippen LogP contribution in [0.3, 0.4) is 0 Å². The van der Waals surface area contributed by atoms with Gasteiger partial charge in [-0.05, 0) is 43.2 Å². The van der Waals surface area contributed by atoms with Gasteiger partial charge in [0.2, 0.25) is 11.8 Å². The topological polar surface area (TPSA) is 110 Å². The molecule has 140 valence electrons. The molecular weight excluding hydrogens is 368 g/mol. The highest BCUT2D eigenvalue weighted by molar-refractivity contribution is 7.99. The van der Waals surface area contributed by atoms with E-state index >= 15 is 0 Å². The summed E-state index contributed by atoms with van der Waals surface area (Å²) in [6, 6.07) is 9.07. The van der Waals surface area contributed by atoms with Crippen molar-refractivity contribution in [2.45, 2.75) is 19.1 Å². The molecule has 0 aliphatic rings. The summed E-state index contributed by atoms with van der Waals surface area (Å²) in [5, 5.41) is 13.3. The van der Waals surface area contributed by atoms with Gasteiger partial charge in [-0.1, -0.05) is 23.9 Å². The van der Waals surface area contributed by atoms with Crippen LogP contribution in [0.1, 0.15) is 11.1 Å². The van der Waals surface area contributed by atoms with Crippen LogP contribution in [0.2, 0.25) is 0 Å². The number of benzene rings is 1. The third kappa shape index (κ3) is 4.98. The van der Waals surface area contributed by atoms with Gasteiger partial charge < -0.3 is 19.5 Å². The van der Waals surface area contributed by atoms with Gasteiger partial charge in [0, 0.05) is 5.69 Å². The summed E-state index contributed by atoms with van der Waals surface area (Å²) in [6.07, 6.45) is 1.50. The molecule has 27 heavy (non-hydrogen) atoms. The van der Waals surface area contributed by atoms with Gasteiger partial charge in [0.1, 0.15) is 0 Å². The Balaban J connectivity index is 1.43. The van der Waals surface area contributed by atoms with E-state index in [9.17, 15) is 9.59 Å². The quantitative estimate of drug-likeness (QED) is 0.601. The van der Waals surface area contributed by atoms with Crippen molar-refractivity contribution in [3.05, 3.63) is 47.7 Å². The molecule has 0 saturated heterocycles. The van der Waals surface area contributed by atoms with Gasteiger partial charge in [-0.15, -0.1) is 10.2 Å². The van der Waals surface area contributed by atoms with Crippen LogP contribution in [-0.4, -0.2) is 34.3 Å². The smallest absolute Gasteiger partial charge is 0.284 e. The van der Waals surface area contributed by atoms with Gasteiger partial charge in [0.05, 0.1) is 18.6 Å². The summed E-state index contributed by atoms with van der Waals surface area (Å²) in [5.74, 6) is 0.155. The molecule has 2 aromatic heterocycles. The van der Waals surface area contributed by atoms with Crippen LogP contribution in [-0.2, 0) is 9.59 Å². The molecule has 0 aliphatic heterocycles. The molecule has 0 unspecified atom stereocenters. The second kappa shape index (κ2) is 8.54. The van der Waals surface area contributed by atoms with Crippen molar-refractivity contribution in [3.8, 4) is 11.7 Å². The number of thioether (sulfide) groups is 1. The summed E-state index contributed by atoms with van der Waals surface area (Å²) in [4.78, 5) is 23.9. The normalized spacial score (nSPS) is 10.6. The summed E-state index contributed by atoms with van der Waals surface area (Å²) in [6.45, 7) is 3.79. The lowest BCUT2D eigenvalue weighted by Crippen LogP contribution is -2.34. The van der Waals surface area contributed by atoms with Gasteiger partial charge in [0.25, 0.3) is 11.1 Å². The minimum absolute atomic E-state index is 0.0521. The number of hydrogen-bond donors (Lipinski definition) is 2. The van der Waals surface area contributed by atoms with Crippen molar-refractivity contribution < 1.29 is 18.4 Å². The molecule has 0 radical (unpaired) electrons. The highest BCUT2D eigenvalue weighted by Crippen LogP contribution is 2.23. The van der Waals surface area contributed by atoms with Crippen LogP contribution >= 0.6 is 11.8 Å². The number of hydrogen-bond acceptors (Lipinski definition) is 7. The molecule has 0 atom stereocenters. The minimum Gasteiger partial charge on any atom is -0.459 e. The molecule has 2 heterocycles. The molecule has 0 bridgehead atoms. The monoisotopic (exact) mass is 386 g/mol. The molecule has 2 N–H and O–H groups in total.